The Morgan fingerprint density at radius 1 is 1.04 bits per heavy atom. The lowest BCUT2D eigenvalue weighted by Gasteiger charge is -2.13. The Balaban J connectivity index is 1.73. The highest BCUT2D eigenvalue weighted by Gasteiger charge is 2.09. The molecular weight excluding hydrogens is 336 g/mol. The van der Waals surface area contributed by atoms with Crippen LogP contribution in [0, 0.1) is 32.1 Å². The van der Waals surface area contributed by atoms with Gasteiger partial charge in [-0.25, -0.2) is 4.98 Å². The molecule has 134 valence electrons. The largest absolute Gasteiger partial charge is 0.340 e. The van der Waals surface area contributed by atoms with Gasteiger partial charge in [-0.05, 0) is 62.2 Å². The number of pyridine rings is 1. The van der Waals surface area contributed by atoms with E-state index in [0.29, 0.717) is 22.6 Å². The van der Waals surface area contributed by atoms with Crippen LogP contribution >= 0.6 is 0 Å². The van der Waals surface area contributed by atoms with Crippen LogP contribution in [0.1, 0.15) is 32.6 Å². The maximum Gasteiger partial charge on any atom is 0.257 e. The van der Waals surface area contributed by atoms with E-state index in [1.54, 1.807) is 36.4 Å². The predicted molar refractivity (Wildman–Crippen MR) is 107 cm³/mol. The van der Waals surface area contributed by atoms with Crippen molar-refractivity contribution in [3.8, 4) is 6.07 Å². The Morgan fingerprint density at radius 2 is 1.78 bits per heavy atom. The van der Waals surface area contributed by atoms with Gasteiger partial charge in [0.1, 0.15) is 5.82 Å². The highest BCUT2D eigenvalue weighted by molar-refractivity contribution is 6.04. The van der Waals surface area contributed by atoms with Gasteiger partial charge in [-0.2, -0.15) is 5.26 Å². The number of nitrogens with zero attached hydrogens (tertiary/aromatic N) is 2. The minimum atomic E-state index is -0.271. The molecule has 0 atom stereocenters. The van der Waals surface area contributed by atoms with E-state index in [1.165, 1.54) is 11.8 Å². The summed E-state index contributed by atoms with van der Waals surface area (Å²) in [5.74, 6) is 0.403. The molecule has 1 heterocycles. The van der Waals surface area contributed by atoms with Crippen LogP contribution in [0.25, 0.3) is 0 Å². The Labute approximate surface area is 158 Å². The van der Waals surface area contributed by atoms with Crippen LogP contribution in [0.5, 0.6) is 0 Å². The number of aromatic nitrogens is 1. The van der Waals surface area contributed by atoms with Gasteiger partial charge in [0, 0.05) is 17.6 Å². The molecule has 3 aromatic rings. The smallest absolute Gasteiger partial charge is 0.257 e. The summed E-state index contributed by atoms with van der Waals surface area (Å²) in [6, 6.07) is 16.6. The molecule has 0 bridgehead atoms. The fourth-order valence-corrected chi connectivity index (χ4v) is 2.98. The van der Waals surface area contributed by atoms with Crippen molar-refractivity contribution in [2.45, 2.75) is 20.8 Å². The first-order valence-electron chi connectivity index (χ1n) is 8.58. The van der Waals surface area contributed by atoms with Crippen LogP contribution in [-0.4, -0.2) is 10.9 Å². The zero-order valence-electron chi connectivity index (χ0n) is 15.5. The Bertz CT molecular complexity index is 1010. The predicted octanol–water partition coefficient (Wildman–Crippen LogP) is 4.87. The Kier molecular flexibility index (Phi) is 5.18. The van der Waals surface area contributed by atoms with Crippen molar-refractivity contribution in [2.75, 3.05) is 10.6 Å². The quantitative estimate of drug-likeness (QED) is 0.699. The van der Waals surface area contributed by atoms with Gasteiger partial charge < -0.3 is 10.6 Å². The SMILES string of the molecule is Cc1cc(C)c(Nc2ccc(C(=O)Nc3cccc(C#N)c3)cn2)c(C)c1. The monoisotopic (exact) mass is 356 g/mol. The fourth-order valence-electron chi connectivity index (χ4n) is 2.98. The second-order valence-corrected chi connectivity index (χ2v) is 6.48. The van der Waals surface area contributed by atoms with Gasteiger partial charge in [0.05, 0.1) is 17.2 Å². The zero-order valence-corrected chi connectivity index (χ0v) is 15.5. The van der Waals surface area contributed by atoms with Crippen molar-refractivity contribution in [1.82, 2.24) is 4.98 Å². The number of carbonyl (C=O) groups is 1. The van der Waals surface area contributed by atoms with Crippen LogP contribution in [0.2, 0.25) is 0 Å². The van der Waals surface area contributed by atoms with Crippen LogP contribution in [-0.2, 0) is 0 Å². The lowest BCUT2D eigenvalue weighted by atomic mass is 10.1. The lowest BCUT2D eigenvalue weighted by molar-refractivity contribution is 0.102. The zero-order chi connectivity index (χ0) is 19.4. The van der Waals surface area contributed by atoms with Crippen LogP contribution in [0.4, 0.5) is 17.2 Å². The van der Waals surface area contributed by atoms with Crippen LogP contribution < -0.4 is 10.6 Å². The summed E-state index contributed by atoms with van der Waals surface area (Å²) in [5, 5.41) is 15.0. The number of anilines is 3. The second kappa shape index (κ2) is 7.71. The maximum atomic E-state index is 12.4. The summed E-state index contributed by atoms with van der Waals surface area (Å²) >= 11 is 0. The molecule has 0 aliphatic heterocycles. The summed E-state index contributed by atoms with van der Waals surface area (Å²) < 4.78 is 0. The van der Waals surface area contributed by atoms with Crippen LogP contribution in [0.15, 0.2) is 54.7 Å². The van der Waals surface area contributed by atoms with Crippen molar-refractivity contribution in [2.24, 2.45) is 0 Å². The molecule has 0 fully saturated rings. The normalized spacial score (nSPS) is 10.1. The molecule has 0 unspecified atom stereocenters. The van der Waals surface area contributed by atoms with Crippen molar-refractivity contribution >= 4 is 23.1 Å². The van der Waals surface area contributed by atoms with E-state index in [2.05, 4.69) is 54.6 Å². The number of rotatable bonds is 4. The molecule has 27 heavy (non-hydrogen) atoms. The van der Waals surface area contributed by atoms with Crippen molar-refractivity contribution in [1.29, 1.82) is 5.26 Å². The molecule has 1 amide bonds. The molecule has 5 heteroatoms. The number of aryl methyl sites for hydroxylation is 3. The average Bonchev–Trinajstić information content (AvgIpc) is 2.65. The van der Waals surface area contributed by atoms with E-state index >= 15 is 0 Å². The third-order valence-electron chi connectivity index (χ3n) is 4.21. The third kappa shape index (κ3) is 4.31. The highest BCUT2D eigenvalue weighted by atomic mass is 16.1. The molecule has 1 aromatic heterocycles. The maximum absolute atomic E-state index is 12.4. The van der Waals surface area contributed by atoms with Crippen LogP contribution in [0.3, 0.4) is 0 Å². The van der Waals surface area contributed by atoms with Crippen molar-refractivity contribution in [3.63, 3.8) is 0 Å². The molecule has 0 saturated heterocycles. The molecule has 2 N–H and O–H groups in total. The topological polar surface area (TPSA) is 77.8 Å². The Hall–Kier alpha value is -3.65. The van der Waals surface area contributed by atoms with E-state index in [1.807, 2.05) is 0 Å². The fraction of sp³-hybridized carbons (Fsp3) is 0.136. The molecule has 0 saturated carbocycles. The summed E-state index contributed by atoms with van der Waals surface area (Å²) in [4.78, 5) is 16.7. The molecule has 0 spiro atoms. The standard InChI is InChI=1S/C22H20N4O/c1-14-9-15(2)21(16(3)10-14)26-20-8-7-18(13-24-20)22(27)25-19-6-4-5-17(11-19)12-23/h4-11,13H,1-3H3,(H,24,26)(H,25,27). The lowest BCUT2D eigenvalue weighted by Crippen LogP contribution is -2.12. The molecular formula is C22H20N4O. The molecule has 3 rings (SSSR count). The first-order chi connectivity index (χ1) is 13.0. The number of nitrogens with one attached hydrogen (secondary N) is 2. The molecule has 0 aliphatic carbocycles. The number of nitriles is 1. The van der Waals surface area contributed by atoms with Gasteiger partial charge in [-0.3, -0.25) is 4.79 Å². The number of hydrogen-bond acceptors (Lipinski definition) is 4. The number of benzene rings is 2. The van der Waals surface area contributed by atoms with Crippen molar-refractivity contribution in [3.05, 3.63) is 82.5 Å². The van der Waals surface area contributed by atoms with Gasteiger partial charge in [-0.15, -0.1) is 0 Å². The van der Waals surface area contributed by atoms with Gasteiger partial charge in [0.25, 0.3) is 5.91 Å². The van der Waals surface area contributed by atoms with Gasteiger partial charge in [0.15, 0.2) is 0 Å². The minimum Gasteiger partial charge on any atom is -0.340 e. The molecule has 5 nitrogen and oxygen atoms in total. The first-order valence-corrected chi connectivity index (χ1v) is 8.58. The number of amides is 1. The molecule has 0 aliphatic rings. The molecule has 2 aromatic carbocycles. The van der Waals surface area contributed by atoms with E-state index in [4.69, 9.17) is 5.26 Å². The van der Waals surface area contributed by atoms with E-state index < -0.39 is 0 Å². The minimum absolute atomic E-state index is 0.271. The second-order valence-electron chi connectivity index (χ2n) is 6.48. The Morgan fingerprint density at radius 3 is 2.41 bits per heavy atom. The van der Waals surface area contributed by atoms with E-state index in [0.717, 1.165) is 16.8 Å². The van der Waals surface area contributed by atoms with E-state index in [-0.39, 0.29) is 5.91 Å². The van der Waals surface area contributed by atoms with Gasteiger partial charge in [0.2, 0.25) is 0 Å². The van der Waals surface area contributed by atoms with Crippen molar-refractivity contribution < 1.29 is 4.79 Å². The van der Waals surface area contributed by atoms with Gasteiger partial charge in [-0.1, -0.05) is 23.8 Å². The summed E-state index contributed by atoms with van der Waals surface area (Å²) in [6.45, 7) is 6.18. The third-order valence-corrected chi connectivity index (χ3v) is 4.21. The molecule has 0 radical (unpaired) electrons. The average molecular weight is 356 g/mol. The summed E-state index contributed by atoms with van der Waals surface area (Å²) in [7, 11) is 0. The highest BCUT2D eigenvalue weighted by Crippen LogP contribution is 2.25. The van der Waals surface area contributed by atoms with Gasteiger partial charge >= 0.3 is 0 Å². The van der Waals surface area contributed by atoms with E-state index in [9.17, 15) is 4.79 Å². The summed E-state index contributed by atoms with van der Waals surface area (Å²) in [5.41, 5.74) is 6.05. The first kappa shape index (κ1) is 18.2. The summed E-state index contributed by atoms with van der Waals surface area (Å²) in [6.07, 6.45) is 1.53. The number of carbonyl (C=O) groups excluding carboxylic acids is 1. The number of hydrogen-bond donors (Lipinski definition) is 2.